The molecule has 3 aliphatic rings. The second-order valence-corrected chi connectivity index (χ2v) is 9.87. The number of rotatable bonds is 7. The summed E-state index contributed by atoms with van der Waals surface area (Å²) in [6.07, 6.45) is 3.97. The highest BCUT2D eigenvalue weighted by molar-refractivity contribution is 6.07. The van der Waals surface area contributed by atoms with Gasteiger partial charge in [-0.2, -0.15) is 15.2 Å². The number of hydrogen-bond donors (Lipinski definition) is 1. The van der Waals surface area contributed by atoms with E-state index in [0.29, 0.717) is 50.9 Å². The second-order valence-electron chi connectivity index (χ2n) is 9.87. The van der Waals surface area contributed by atoms with Crippen molar-refractivity contribution < 1.29 is 19.1 Å². The molecule has 1 saturated heterocycles. The van der Waals surface area contributed by atoms with E-state index in [-0.39, 0.29) is 23.8 Å². The van der Waals surface area contributed by atoms with E-state index in [4.69, 9.17) is 14.6 Å². The molecule has 9 heteroatoms. The van der Waals surface area contributed by atoms with Crippen LogP contribution in [0.3, 0.4) is 0 Å². The molecule has 2 aromatic rings. The van der Waals surface area contributed by atoms with Crippen LogP contribution in [0.4, 0.5) is 10.5 Å². The van der Waals surface area contributed by atoms with Crippen LogP contribution < -0.4 is 14.8 Å². The molecule has 9 nitrogen and oxygen atoms in total. The van der Waals surface area contributed by atoms with Gasteiger partial charge in [0.15, 0.2) is 11.5 Å². The predicted octanol–water partition coefficient (Wildman–Crippen LogP) is 4.60. The summed E-state index contributed by atoms with van der Waals surface area (Å²) in [5.74, 6) is 1.49. The highest BCUT2D eigenvalue weighted by Gasteiger charge is 2.43. The van der Waals surface area contributed by atoms with Crippen molar-refractivity contribution >= 4 is 23.3 Å². The van der Waals surface area contributed by atoms with Crippen molar-refractivity contribution in [2.45, 2.75) is 39.5 Å². The monoisotopic (exact) mass is 519 g/mol. The van der Waals surface area contributed by atoms with E-state index < -0.39 is 0 Å². The quantitative estimate of drug-likeness (QED) is 0.578. The summed E-state index contributed by atoms with van der Waals surface area (Å²) in [6, 6.07) is 15.3. The molecule has 0 bridgehead atoms. The van der Waals surface area contributed by atoms with Gasteiger partial charge in [-0.3, -0.25) is 4.79 Å². The molecule has 0 radical (unpaired) electrons. The first-order chi connectivity index (χ1) is 18.6. The number of carbonyl (C=O) groups excluding carboxylic acids is 2. The van der Waals surface area contributed by atoms with Gasteiger partial charge in [-0.25, -0.2) is 4.79 Å². The molecule has 202 valence electrons. The molecule has 2 aliphatic heterocycles. The lowest BCUT2D eigenvalue weighted by Crippen LogP contribution is -2.59. The number of nitrogens with one attached hydrogen (secondary N) is 1. The minimum absolute atomic E-state index is 0.0663. The first-order valence-electron chi connectivity index (χ1n) is 13.8. The average molecular weight is 520 g/mol. The fraction of sp³-hybridized carbons (Fsp3) is 0.483. The number of nitrogens with zero attached hydrogens (tertiary/aromatic N) is 4. The third-order valence-electron chi connectivity index (χ3n) is 7.51. The van der Waals surface area contributed by atoms with Gasteiger partial charge < -0.3 is 19.7 Å². The minimum Gasteiger partial charge on any atom is -0.490 e. The highest BCUT2D eigenvalue weighted by atomic mass is 16.5. The maximum Gasteiger partial charge on any atom is 0.321 e. The van der Waals surface area contributed by atoms with Crippen LogP contribution >= 0.6 is 0 Å². The lowest BCUT2D eigenvalue weighted by Gasteiger charge is -2.44. The Morgan fingerprint density at radius 2 is 1.61 bits per heavy atom. The van der Waals surface area contributed by atoms with Crippen LogP contribution in [0, 0.1) is 11.8 Å². The number of ether oxygens (including phenoxy) is 2. The number of amides is 3. The SMILES string of the molecule is CCOc1ccc(C2=NN(N3CCN(C(=O)Nc4ccccc4)CC3)C(=O)C3CCCCC23)cc1OCC. The Bertz CT molecular complexity index is 1160. The van der Waals surface area contributed by atoms with Crippen molar-refractivity contribution in [3.05, 3.63) is 54.1 Å². The molecule has 2 heterocycles. The van der Waals surface area contributed by atoms with Gasteiger partial charge in [0.1, 0.15) is 0 Å². The van der Waals surface area contributed by atoms with E-state index in [0.717, 1.165) is 42.6 Å². The van der Waals surface area contributed by atoms with Gasteiger partial charge in [-0.1, -0.05) is 31.0 Å². The number of benzene rings is 2. The lowest BCUT2D eigenvalue weighted by atomic mass is 9.73. The van der Waals surface area contributed by atoms with Crippen LogP contribution in [0.2, 0.25) is 0 Å². The number of piperazine rings is 1. The number of urea groups is 1. The van der Waals surface area contributed by atoms with Gasteiger partial charge >= 0.3 is 6.03 Å². The van der Waals surface area contributed by atoms with Gasteiger partial charge in [-0.05, 0) is 57.0 Å². The molecular formula is C29H37N5O4. The van der Waals surface area contributed by atoms with Crippen molar-refractivity contribution in [1.29, 1.82) is 0 Å². The fourth-order valence-corrected chi connectivity index (χ4v) is 5.62. The van der Waals surface area contributed by atoms with E-state index in [1.54, 1.807) is 10.0 Å². The summed E-state index contributed by atoms with van der Waals surface area (Å²) >= 11 is 0. The number of hydrogen-bond acceptors (Lipinski definition) is 6. The lowest BCUT2D eigenvalue weighted by molar-refractivity contribution is -0.161. The largest absolute Gasteiger partial charge is 0.490 e. The molecule has 2 unspecified atom stereocenters. The zero-order valence-electron chi connectivity index (χ0n) is 22.3. The van der Waals surface area contributed by atoms with E-state index in [1.807, 2.05) is 67.4 Å². The number of hydrazine groups is 1. The zero-order valence-corrected chi connectivity index (χ0v) is 22.3. The average Bonchev–Trinajstić information content (AvgIpc) is 2.95. The molecule has 1 aliphatic carbocycles. The number of carbonyl (C=O) groups is 2. The molecule has 2 aromatic carbocycles. The van der Waals surface area contributed by atoms with Gasteiger partial charge in [0.05, 0.1) is 18.9 Å². The van der Waals surface area contributed by atoms with Crippen LogP contribution in [-0.2, 0) is 4.79 Å². The maximum atomic E-state index is 13.6. The van der Waals surface area contributed by atoms with Crippen molar-refractivity contribution in [2.75, 3.05) is 44.7 Å². The maximum absolute atomic E-state index is 13.6. The van der Waals surface area contributed by atoms with Gasteiger partial charge in [0.25, 0.3) is 5.91 Å². The van der Waals surface area contributed by atoms with Crippen molar-refractivity contribution in [2.24, 2.45) is 16.9 Å². The minimum atomic E-state index is -0.129. The Balaban J connectivity index is 1.36. The summed E-state index contributed by atoms with van der Waals surface area (Å²) in [5, 5.41) is 11.5. The fourth-order valence-electron chi connectivity index (χ4n) is 5.62. The molecule has 2 fully saturated rings. The van der Waals surface area contributed by atoms with Crippen molar-refractivity contribution in [1.82, 2.24) is 15.0 Å². The van der Waals surface area contributed by atoms with E-state index in [2.05, 4.69) is 5.32 Å². The van der Waals surface area contributed by atoms with Crippen LogP contribution in [0.15, 0.2) is 53.6 Å². The van der Waals surface area contributed by atoms with E-state index in [1.165, 1.54) is 0 Å². The molecule has 38 heavy (non-hydrogen) atoms. The topological polar surface area (TPSA) is 86.7 Å². The molecule has 1 N–H and O–H groups in total. The zero-order chi connectivity index (χ0) is 26.5. The smallest absolute Gasteiger partial charge is 0.321 e. The molecule has 1 saturated carbocycles. The van der Waals surface area contributed by atoms with Gasteiger partial charge in [-0.15, -0.1) is 0 Å². The standard InChI is InChI=1S/C29H37N5O4/c1-3-37-25-15-14-21(20-26(25)38-4-2)27-23-12-8-9-13-24(23)28(35)34(31-27)33-18-16-32(17-19-33)29(36)30-22-10-6-5-7-11-22/h5-7,10-11,14-15,20,23-24H,3-4,8-9,12-13,16-19H2,1-2H3,(H,30,36). The number of hydrazone groups is 1. The Labute approximate surface area is 224 Å². The van der Waals surface area contributed by atoms with Crippen LogP contribution in [0.1, 0.15) is 45.1 Å². The Morgan fingerprint density at radius 3 is 2.32 bits per heavy atom. The molecule has 2 atom stereocenters. The molecule has 0 spiro atoms. The molecule has 0 aromatic heterocycles. The first-order valence-corrected chi connectivity index (χ1v) is 13.8. The van der Waals surface area contributed by atoms with Crippen molar-refractivity contribution in [3.63, 3.8) is 0 Å². The van der Waals surface area contributed by atoms with E-state index in [9.17, 15) is 9.59 Å². The van der Waals surface area contributed by atoms with E-state index >= 15 is 0 Å². The summed E-state index contributed by atoms with van der Waals surface area (Å²) < 4.78 is 11.6. The summed E-state index contributed by atoms with van der Waals surface area (Å²) in [4.78, 5) is 28.2. The number of anilines is 1. The van der Waals surface area contributed by atoms with Gasteiger partial charge in [0, 0.05) is 49.3 Å². The highest BCUT2D eigenvalue weighted by Crippen LogP contribution is 2.39. The first kappa shape index (κ1) is 26.0. The molecular weight excluding hydrogens is 482 g/mol. The van der Waals surface area contributed by atoms with Crippen LogP contribution in [-0.4, -0.2) is 72.1 Å². The Morgan fingerprint density at radius 1 is 0.921 bits per heavy atom. The molecule has 5 rings (SSSR count). The van der Waals surface area contributed by atoms with Crippen molar-refractivity contribution in [3.8, 4) is 11.5 Å². The second kappa shape index (κ2) is 11.9. The predicted molar refractivity (Wildman–Crippen MR) is 146 cm³/mol. The number of para-hydroxylation sites is 1. The third kappa shape index (κ3) is 5.48. The summed E-state index contributed by atoms with van der Waals surface area (Å²) in [5.41, 5.74) is 2.67. The summed E-state index contributed by atoms with van der Waals surface area (Å²) in [7, 11) is 0. The Kier molecular flexibility index (Phi) is 8.12. The Hall–Kier alpha value is -3.59. The molecule has 3 amide bonds. The van der Waals surface area contributed by atoms with Gasteiger partial charge in [0.2, 0.25) is 0 Å². The summed E-state index contributed by atoms with van der Waals surface area (Å²) in [6.45, 7) is 7.11. The van der Waals surface area contributed by atoms with Crippen LogP contribution in [0.25, 0.3) is 0 Å². The third-order valence-corrected chi connectivity index (χ3v) is 7.51. The van der Waals surface area contributed by atoms with Crippen LogP contribution in [0.5, 0.6) is 11.5 Å². The number of fused-ring (bicyclic) bond motifs is 1. The normalized spacial score (nSPS) is 21.9.